The molecule has 0 N–H and O–H groups in total. The number of nitrogens with zero attached hydrogens (tertiary/aromatic N) is 1. The van der Waals surface area contributed by atoms with Crippen molar-refractivity contribution in [2.45, 2.75) is 17.4 Å². The Morgan fingerprint density at radius 2 is 2.05 bits per heavy atom. The predicted molar refractivity (Wildman–Crippen MR) is 77.4 cm³/mol. The van der Waals surface area contributed by atoms with Crippen LogP contribution in [0.1, 0.15) is 16.8 Å². The number of sulfone groups is 1. The van der Waals surface area contributed by atoms with E-state index in [0.717, 1.165) is 4.90 Å². The Balaban J connectivity index is 2.20. The van der Waals surface area contributed by atoms with Gasteiger partial charge in [0.15, 0.2) is 9.84 Å². The van der Waals surface area contributed by atoms with E-state index in [4.69, 9.17) is 0 Å². The Kier molecular flexibility index (Phi) is 4.20. The van der Waals surface area contributed by atoms with E-state index in [1.54, 1.807) is 18.0 Å². The highest BCUT2D eigenvalue weighted by Gasteiger charge is 2.33. The minimum absolute atomic E-state index is 0.0800. The fraction of sp³-hybridized carbons (Fsp3) is 0.462. The molecule has 1 fully saturated rings. The first kappa shape index (κ1) is 14.4. The minimum atomic E-state index is -2.97. The van der Waals surface area contributed by atoms with Crippen LogP contribution in [0.5, 0.6) is 0 Å². The van der Waals surface area contributed by atoms with E-state index in [1.165, 1.54) is 11.8 Å². The number of benzene rings is 1. The zero-order chi connectivity index (χ0) is 14.0. The molecule has 1 aliphatic rings. The van der Waals surface area contributed by atoms with Crippen molar-refractivity contribution in [2.24, 2.45) is 0 Å². The maximum absolute atomic E-state index is 12.4. The molecule has 0 bridgehead atoms. The first-order valence-corrected chi connectivity index (χ1v) is 9.10. The summed E-state index contributed by atoms with van der Waals surface area (Å²) in [4.78, 5) is 14.9. The van der Waals surface area contributed by atoms with Crippen molar-refractivity contribution < 1.29 is 13.2 Å². The molecule has 1 amide bonds. The average Bonchev–Trinajstić information content (AvgIpc) is 2.77. The molecule has 0 aromatic heterocycles. The Morgan fingerprint density at radius 3 is 2.63 bits per heavy atom. The van der Waals surface area contributed by atoms with E-state index in [9.17, 15) is 13.2 Å². The van der Waals surface area contributed by atoms with Crippen molar-refractivity contribution >= 4 is 27.5 Å². The SMILES string of the molecule is CSc1ccccc1C(=O)N(C)C1CCS(=O)(=O)C1. The van der Waals surface area contributed by atoms with E-state index >= 15 is 0 Å². The molecule has 1 atom stereocenters. The summed E-state index contributed by atoms with van der Waals surface area (Å²) in [6, 6.07) is 7.20. The van der Waals surface area contributed by atoms with Gasteiger partial charge in [-0.25, -0.2) is 8.42 Å². The molecular weight excluding hydrogens is 282 g/mol. The average molecular weight is 299 g/mol. The Bertz CT molecular complexity index is 583. The molecule has 6 heteroatoms. The maximum Gasteiger partial charge on any atom is 0.255 e. The molecule has 104 valence electrons. The van der Waals surface area contributed by atoms with Gasteiger partial charge < -0.3 is 4.90 Å². The van der Waals surface area contributed by atoms with Gasteiger partial charge in [-0.3, -0.25) is 4.79 Å². The first-order chi connectivity index (χ1) is 8.94. The van der Waals surface area contributed by atoms with Crippen LogP contribution in [0.25, 0.3) is 0 Å². The van der Waals surface area contributed by atoms with Gasteiger partial charge in [-0.2, -0.15) is 0 Å². The maximum atomic E-state index is 12.4. The molecule has 1 aromatic rings. The lowest BCUT2D eigenvalue weighted by atomic mass is 10.1. The Hall–Kier alpha value is -1.01. The largest absolute Gasteiger partial charge is 0.338 e. The second-order valence-corrected chi connectivity index (χ2v) is 7.75. The Labute approximate surface area is 118 Å². The molecule has 1 aliphatic heterocycles. The van der Waals surface area contributed by atoms with E-state index < -0.39 is 9.84 Å². The van der Waals surface area contributed by atoms with Gasteiger partial charge in [-0.15, -0.1) is 11.8 Å². The van der Waals surface area contributed by atoms with Crippen LogP contribution in [0.4, 0.5) is 0 Å². The van der Waals surface area contributed by atoms with Crippen LogP contribution in [0.3, 0.4) is 0 Å². The summed E-state index contributed by atoms with van der Waals surface area (Å²) >= 11 is 1.52. The number of hydrogen-bond acceptors (Lipinski definition) is 4. The van der Waals surface area contributed by atoms with Gasteiger partial charge in [0.2, 0.25) is 0 Å². The molecule has 0 radical (unpaired) electrons. The zero-order valence-electron chi connectivity index (χ0n) is 11.0. The van der Waals surface area contributed by atoms with Crippen LogP contribution >= 0.6 is 11.8 Å². The topological polar surface area (TPSA) is 54.5 Å². The van der Waals surface area contributed by atoms with Crippen LogP contribution in [0.15, 0.2) is 29.2 Å². The van der Waals surface area contributed by atoms with Gasteiger partial charge in [0.05, 0.1) is 17.1 Å². The number of thioether (sulfide) groups is 1. The van der Waals surface area contributed by atoms with Gasteiger partial charge in [-0.05, 0) is 24.8 Å². The van der Waals surface area contributed by atoms with Crippen molar-refractivity contribution in [3.63, 3.8) is 0 Å². The molecule has 1 aromatic carbocycles. The number of hydrogen-bond donors (Lipinski definition) is 0. The zero-order valence-corrected chi connectivity index (χ0v) is 12.6. The van der Waals surface area contributed by atoms with Crippen molar-refractivity contribution in [1.29, 1.82) is 0 Å². The number of amides is 1. The molecule has 0 aliphatic carbocycles. The summed E-state index contributed by atoms with van der Waals surface area (Å²) in [5.74, 6) is 0.155. The molecule has 4 nitrogen and oxygen atoms in total. The number of rotatable bonds is 3. The van der Waals surface area contributed by atoms with Gasteiger partial charge in [0.1, 0.15) is 0 Å². The minimum Gasteiger partial charge on any atom is -0.338 e. The van der Waals surface area contributed by atoms with E-state index in [-0.39, 0.29) is 23.5 Å². The third-order valence-electron chi connectivity index (χ3n) is 3.41. The fourth-order valence-corrected chi connectivity index (χ4v) is 4.62. The monoisotopic (exact) mass is 299 g/mol. The molecule has 0 spiro atoms. The Morgan fingerprint density at radius 1 is 1.37 bits per heavy atom. The van der Waals surface area contributed by atoms with Crippen molar-refractivity contribution in [2.75, 3.05) is 24.8 Å². The van der Waals surface area contributed by atoms with Gasteiger partial charge >= 0.3 is 0 Å². The predicted octanol–water partition coefficient (Wildman–Crippen LogP) is 1.67. The second-order valence-electron chi connectivity index (χ2n) is 4.67. The van der Waals surface area contributed by atoms with Crippen molar-refractivity contribution in [3.05, 3.63) is 29.8 Å². The third-order valence-corrected chi connectivity index (χ3v) is 5.96. The summed E-state index contributed by atoms with van der Waals surface area (Å²) in [7, 11) is -1.29. The quantitative estimate of drug-likeness (QED) is 0.797. The highest BCUT2D eigenvalue weighted by molar-refractivity contribution is 7.98. The molecule has 0 saturated carbocycles. The van der Waals surface area contributed by atoms with E-state index in [1.807, 2.05) is 24.5 Å². The highest BCUT2D eigenvalue weighted by Crippen LogP contribution is 2.24. The number of carbonyl (C=O) groups is 1. The second kappa shape index (κ2) is 5.54. The molecule has 2 rings (SSSR count). The van der Waals surface area contributed by atoms with Crippen molar-refractivity contribution in [1.82, 2.24) is 4.90 Å². The summed E-state index contributed by atoms with van der Waals surface area (Å²) < 4.78 is 23.0. The van der Waals surface area contributed by atoms with Crippen LogP contribution in [0, 0.1) is 0 Å². The van der Waals surface area contributed by atoms with E-state index in [0.29, 0.717) is 12.0 Å². The summed E-state index contributed by atoms with van der Waals surface area (Å²) in [6.45, 7) is 0. The number of carbonyl (C=O) groups excluding carboxylic acids is 1. The molecular formula is C13H17NO3S2. The molecule has 19 heavy (non-hydrogen) atoms. The first-order valence-electron chi connectivity index (χ1n) is 6.05. The molecule has 1 saturated heterocycles. The lowest BCUT2D eigenvalue weighted by molar-refractivity contribution is 0.0744. The smallest absolute Gasteiger partial charge is 0.255 e. The van der Waals surface area contributed by atoms with Crippen LogP contribution < -0.4 is 0 Å². The standard InChI is InChI=1S/C13H17NO3S2/c1-14(10-7-8-19(16,17)9-10)13(15)11-5-3-4-6-12(11)18-2/h3-6,10H,7-9H2,1-2H3. The van der Waals surface area contributed by atoms with Gasteiger partial charge in [-0.1, -0.05) is 12.1 Å². The fourth-order valence-electron chi connectivity index (χ4n) is 2.26. The van der Waals surface area contributed by atoms with Gasteiger partial charge in [0, 0.05) is 18.0 Å². The van der Waals surface area contributed by atoms with Crippen LogP contribution in [0.2, 0.25) is 0 Å². The molecule has 1 unspecified atom stereocenters. The summed E-state index contributed by atoms with van der Waals surface area (Å²) in [5.41, 5.74) is 0.641. The van der Waals surface area contributed by atoms with Crippen LogP contribution in [-0.4, -0.2) is 50.1 Å². The lowest BCUT2D eigenvalue weighted by Gasteiger charge is -2.24. The van der Waals surface area contributed by atoms with Gasteiger partial charge in [0.25, 0.3) is 5.91 Å². The van der Waals surface area contributed by atoms with Crippen LogP contribution in [-0.2, 0) is 9.84 Å². The normalized spacial score (nSPS) is 21.3. The third kappa shape index (κ3) is 3.12. The van der Waals surface area contributed by atoms with Crippen molar-refractivity contribution in [3.8, 4) is 0 Å². The van der Waals surface area contributed by atoms with E-state index in [2.05, 4.69) is 0 Å². The lowest BCUT2D eigenvalue weighted by Crippen LogP contribution is -2.38. The summed E-state index contributed by atoms with van der Waals surface area (Å²) in [6.07, 6.45) is 2.46. The molecule has 1 heterocycles. The summed E-state index contributed by atoms with van der Waals surface area (Å²) in [5, 5.41) is 0. The highest BCUT2D eigenvalue weighted by atomic mass is 32.2.